The van der Waals surface area contributed by atoms with Crippen molar-refractivity contribution >= 4 is 22.4 Å². The Morgan fingerprint density at radius 2 is 2.00 bits per heavy atom. The van der Waals surface area contributed by atoms with Gasteiger partial charge in [-0.3, -0.25) is 4.21 Å². The summed E-state index contributed by atoms with van der Waals surface area (Å²) < 4.78 is 17.2. The number of ether oxygens (including phenoxy) is 1. The normalized spacial score (nSPS) is 12.1. The molecule has 3 nitrogen and oxygen atoms in total. The van der Waals surface area contributed by atoms with Crippen LogP contribution in [0.5, 0.6) is 5.75 Å². The third kappa shape index (κ3) is 3.78. The van der Waals surface area contributed by atoms with Crippen molar-refractivity contribution in [1.82, 2.24) is 4.98 Å². The van der Waals surface area contributed by atoms with Gasteiger partial charge in [0.25, 0.3) is 0 Å². The van der Waals surface area contributed by atoms with E-state index in [1.807, 2.05) is 24.3 Å². The fourth-order valence-corrected chi connectivity index (χ4v) is 3.10. The molecule has 0 saturated carbocycles. The molecule has 2 rings (SSSR count). The zero-order valence-corrected chi connectivity index (χ0v) is 12.1. The van der Waals surface area contributed by atoms with E-state index in [-0.39, 0.29) is 0 Å². The monoisotopic (exact) mass is 295 g/mol. The summed E-state index contributed by atoms with van der Waals surface area (Å²) in [6.45, 7) is 0. The molecule has 1 aromatic heterocycles. The van der Waals surface area contributed by atoms with Gasteiger partial charge in [0.05, 0.1) is 22.9 Å². The van der Waals surface area contributed by atoms with Gasteiger partial charge in [-0.05, 0) is 36.2 Å². The Balaban J connectivity index is 1.98. The van der Waals surface area contributed by atoms with E-state index in [4.69, 9.17) is 16.3 Å². The lowest BCUT2D eigenvalue weighted by molar-refractivity contribution is 0.414. The van der Waals surface area contributed by atoms with Crippen LogP contribution in [0, 0.1) is 0 Å². The molecule has 0 saturated heterocycles. The summed E-state index contributed by atoms with van der Waals surface area (Å²) in [7, 11) is 0.455. The van der Waals surface area contributed by atoms with Gasteiger partial charge < -0.3 is 4.74 Å². The number of rotatable bonds is 5. The number of hydrogen-bond donors (Lipinski definition) is 0. The van der Waals surface area contributed by atoms with Crippen LogP contribution in [-0.2, 0) is 17.2 Å². The lowest BCUT2D eigenvalue weighted by Gasteiger charge is -2.05. The van der Waals surface area contributed by atoms with E-state index in [1.54, 1.807) is 25.4 Å². The van der Waals surface area contributed by atoms with Crippen molar-refractivity contribution in [3.05, 3.63) is 53.2 Å². The lowest BCUT2D eigenvalue weighted by Crippen LogP contribution is -2.04. The number of methoxy groups -OCH3 is 1. The number of hydrogen-bond acceptors (Lipinski definition) is 3. The van der Waals surface area contributed by atoms with E-state index in [0.717, 1.165) is 11.3 Å². The van der Waals surface area contributed by atoms with E-state index in [2.05, 4.69) is 4.98 Å². The van der Waals surface area contributed by atoms with Crippen LogP contribution < -0.4 is 4.74 Å². The average Bonchev–Trinajstić information content (AvgIpc) is 2.46. The minimum absolute atomic E-state index is 0.454. The largest absolute Gasteiger partial charge is 0.497 e. The molecule has 5 heteroatoms. The molecule has 1 unspecified atom stereocenters. The van der Waals surface area contributed by atoms with Crippen molar-refractivity contribution in [2.45, 2.75) is 11.4 Å². The number of pyridine rings is 1. The second kappa shape index (κ2) is 6.68. The highest BCUT2D eigenvalue weighted by Gasteiger charge is 2.09. The summed E-state index contributed by atoms with van der Waals surface area (Å²) in [4.78, 5) is 4.07. The first kappa shape index (κ1) is 14.0. The topological polar surface area (TPSA) is 39.2 Å². The van der Waals surface area contributed by atoms with Crippen LogP contribution in [-0.4, -0.2) is 22.1 Å². The molecule has 0 N–H and O–H groups in total. The van der Waals surface area contributed by atoms with Crippen molar-refractivity contribution in [3.8, 4) is 5.75 Å². The van der Waals surface area contributed by atoms with Gasteiger partial charge in [0, 0.05) is 11.9 Å². The summed E-state index contributed by atoms with van der Waals surface area (Å²) in [5, 5.41) is 0.910. The van der Waals surface area contributed by atoms with Gasteiger partial charge in [0.2, 0.25) is 0 Å². The molecule has 0 aliphatic carbocycles. The first-order valence-corrected chi connectivity index (χ1v) is 7.52. The maximum absolute atomic E-state index is 12.1. The minimum atomic E-state index is -1.18. The molecule has 100 valence electrons. The molecule has 1 aromatic carbocycles. The van der Waals surface area contributed by atoms with Crippen LogP contribution in [0.2, 0.25) is 5.02 Å². The number of aryl methyl sites for hydroxylation is 1. The number of aromatic nitrogens is 1. The maximum Gasteiger partial charge on any atom is 0.145 e. The second-order valence-electron chi connectivity index (χ2n) is 3.94. The Morgan fingerprint density at radius 1 is 1.26 bits per heavy atom. The molecule has 0 amide bonds. The molecule has 2 aromatic rings. The predicted molar refractivity (Wildman–Crippen MR) is 77.2 cm³/mol. The maximum atomic E-state index is 12.1. The van der Waals surface area contributed by atoms with Gasteiger partial charge >= 0.3 is 0 Å². The van der Waals surface area contributed by atoms with Gasteiger partial charge in [-0.1, -0.05) is 23.7 Å². The fraction of sp³-hybridized carbons (Fsp3) is 0.214. The van der Waals surface area contributed by atoms with Crippen molar-refractivity contribution in [1.29, 1.82) is 0 Å². The van der Waals surface area contributed by atoms with Crippen molar-refractivity contribution in [3.63, 3.8) is 0 Å². The van der Waals surface area contributed by atoms with Gasteiger partial charge in [0.15, 0.2) is 0 Å². The van der Waals surface area contributed by atoms with E-state index < -0.39 is 10.8 Å². The molecule has 0 aliphatic rings. The second-order valence-corrected chi connectivity index (χ2v) is 5.83. The summed E-state index contributed by atoms with van der Waals surface area (Å²) in [5.41, 5.74) is 1.11. The van der Waals surface area contributed by atoms with Crippen LogP contribution in [0.3, 0.4) is 0 Å². The van der Waals surface area contributed by atoms with Gasteiger partial charge in [-0.2, -0.15) is 0 Å². The van der Waals surface area contributed by atoms with Crippen LogP contribution in [0.4, 0.5) is 0 Å². The highest BCUT2D eigenvalue weighted by molar-refractivity contribution is 7.85. The van der Waals surface area contributed by atoms with Crippen LogP contribution in [0.25, 0.3) is 0 Å². The highest BCUT2D eigenvalue weighted by atomic mass is 35.5. The number of halogens is 1. The summed E-state index contributed by atoms with van der Waals surface area (Å²) in [5.74, 6) is 1.32. The van der Waals surface area contributed by atoms with Crippen molar-refractivity contribution in [2.75, 3.05) is 12.9 Å². The van der Waals surface area contributed by atoms with Crippen LogP contribution in [0.1, 0.15) is 5.56 Å². The molecule has 0 bridgehead atoms. The highest BCUT2D eigenvalue weighted by Crippen LogP contribution is 2.17. The molecule has 1 atom stereocenters. The Morgan fingerprint density at radius 3 is 2.63 bits per heavy atom. The third-order valence-electron chi connectivity index (χ3n) is 2.68. The predicted octanol–water partition coefficient (Wildman–Crippen LogP) is 3.09. The Bertz CT molecular complexity index is 572. The lowest BCUT2D eigenvalue weighted by atomic mass is 10.2. The molecular formula is C14H14ClNO2S. The Hall–Kier alpha value is -1.39. The minimum Gasteiger partial charge on any atom is -0.497 e. The van der Waals surface area contributed by atoms with E-state index in [9.17, 15) is 4.21 Å². The number of nitrogens with zero attached hydrogens (tertiary/aromatic N) is 1. The molecule has 0 fully saturated rings. The van der Waals surface area contributed by atoms with E-state index in [0.29, 0.717) is 22.2 Å². The number of benzene rings is 1. The standard InChI is InChI=1S/C14H14ClNO2S/c1-18-12-6-4-11(5-7-12)8-10-19(17)14-13(15)3-2-9-16-14/h2-7,9H,8,10H2,1H3. The first-order chi connectivity index (χ1) is 9.20. The van der Waals surface area contributed by atoms with Crippen molar-refractivity contribution in [2.24, 2.45) is 0 Å². The van der Waals surface area contributed by atoms with Gasteiger partial charge in [0.1, 0.15) is 10.8 Å². The SMILES string of the molecule is COc1ccc(CCS(=O)c2ncccc2Cl)cc1. The Labute approximate surface area is 120 Å². The van der Waals surface area contributed by atoms with E-state index >= 15 is 0 Å². The van der Waals surface area contributed by atoms with E-state index in [1.165, 1.54) is 0 Å². The van der Waals surface area contributed by atoms with Gasteiger partial charge in [-0.25, -0.2) is 4.98 Å². The summed E-state index contributed by atoms with van der Waals surface area (Å²) >= 11 is 5.97. The molecule has 0 aliphatic heterocycles. The van der Waals surface area contributed by atoms with Crippen LogP contribution >= 0.6 is 11.6 Å². The molecule has 0 radical (unpaired) electrons. The summed E-state index contributed by atoms with van der Waals surface area (Å²) in [6.07, 6.45) is 2.32. The quantitative estimate of drug-likeness (QED) is 0.851. The molecule has 1 heterocycles. The third-order valence-corrected chi connectivity index (χ3v) is 4.42. The fourth-order valence-electron chi connectivity index (χ4n) is 1.64. The zero-order valence-electron chi connectivity index (χ0n) is 10.5. The zero-order chi connectivity index (χ0) is 13.7. The van der Waals surface area contributed by atoms with Crippen LogP contribution in [0.15, 0.2) is 47.6 Å². The molecule has 0 spiro atoms. The molecule has 19 heavy (non-hydrogen) atoms. The Kier molecular flexibility index (Phi) is 4.93. The van der Waals surface area contributed by atoms with Gasteiger partial charge in [-0.15, -0.1) is 0 Å². The summed E-state index contributed by atoms with van der Waals surface area (Å²) in [6, 6.07) is 11.2. The van der Waals surface area contributed by atoms with Crippen molar-refractivity contribution < 1.29 is 8.95 Å². The first-order valence-electron chi connectivity index (χ1n) is 5.82. The smallest absolute Gasteiger partial charge is 0.145 e. The average molecular weight is 296 g/mol. The molecular weight excluding hydrogens is 282 g/mol.